The van der Waals surface area contributed by atoms with Crippen LogP contribution in [0.4, 0.5) is 0 Å². The third kappa shape index (κ3) is 2.59. The molecule has 0 nitrogen and oxygen atoms in total. The van der Waals surface area contributed by atoms with Gasteiger partial charge in [-0.3, -0.25) is 0 Å². The maximum absolute atomic E-state index is 4.63. The molecule has 0 unspecified atom stereocenters. The summed E-state index contributed by atoms with van der Waals surface area (Å²) in [5.41, 5.74) is 9.77. The maximum atomic E-state index is 4.63. The second-order valence-corrected chi connectivity index (χ2v) is 9.22. The smallest absolute Gasteiger partial charge is 0.0156 e. The molecule has 0 amide bonds. The summed E-state index contributed by atoms with van der Waals surface area (Å²) >= 11 is 0. The highest BCUT2D eigenvalue weighted by atomic mass is 14.4. The van der Waals surface area contributed by atoms with E-state index in [4.69, 9.17) is 0 Å². The van der Waals surface area contributed by atoms with Gasteiger partial charge in [-0.05, 0) is 79.8 Å². The molecule has 0 radical (unpaired) electrons. The highest BCUT2D eigenvalue weighted by Crippen LogP contribution is 2.47. The molecule has 0 heteroatoms. The molecule has 0 aliphatic heterocycles. The van der Waals surface area contributed by atoms with Gasteiger partial charge in [-0.1, -0.05) is 94.9 Å². The minimum atomic E-state index is -0.0774. The molecule has 0 aromatic heterocycles. The van der Waals surface area contributed by atoms with Gasteiger partial charge < -0.3 is 0 Å². The predicted octanol–water partition coefficient (Wildman–Crippen LogP) is 8.01. The Labute approximate surface area is 180 Å². The van der Waals surface area contributed by atoms with Gasteiger partial charge in [0.15, 0.2) is 0 Å². The van der Waals surface area contributed by atoms with Crippen LogP contribution in [0.5, 0.6) is 0 Å². The van der Waals surface area contributed by atoms with Crippen molar-refractivity contribution in [3.05, 3.63) is 101 Å². The van der Waals surface area contributed by atoms with Crippen molar-refractivity contribution in [2.24, 2.45) is 0 Å². The second kappa shape index (κ2) is 6.84. The van der Waals surface area contributed by atoms with E-state index in [1.54, 1.807) is 0 Å². The van der Waals surface area contributed by atoms with Gasteiger partial charge in [0.05, 0.1) is 0 Å². The second-order valence-electron chi connectivity index (χ2n) is 9.22. The Morgan fingerprint density at radius 2 is 1.23 bits per heavy atom. The summed E-state index contributed by atoms with van der Waals surface area (Å²) < 4.78 is 0. The van der Waals surface area contributed by atoms with Gasteiger partial charge in [0.25, 0.3) is 0 Å². The quantitative estimate of drug-likeness (QED) is 0.325. The van der Waals surface area contributed by atoms with Crippen LogP contribution in [-0.4, -0.2) is 0 Å². The molecule has 0 fully saturated rings. The lowest BCUT2D eigenvalue weighted by atomic mass is 9.73. The van der Waals surface area contributed by atoms with Crippen LogP contribution in [0.1, 0.15) is 61.1 Å². The zero-order valence-electron chi connectivity index (χ0n) is 18.6. The van der Waals surface area contributed by atoms with Crippen molar-refractivity contribution in [2.45, 2.75) is 52.4 Å². The molecule has 0 spiro atoms. The zero-order valence-corrected chi connectivity index (χ0v) is 18.6. The molecule has 0 atom stereocenters. The Kier molecular flexibility index (Phi) is 4.36. The first kappa shape index (κ1) is 19.1. The molecular formula is C30H30. The Morgan fingerprint density at radius 3 is 1.83 bits per heavy atom. The Balaban J connectivity index is 1.93. The average Bonchev–Trinajstić information content (AvgIpc) is 2.85. The topological polar surface area (TPSA) is 0 Å². The maximum Gasteiger partial charge on any atom is 0.0156 e. The molecule has 0 saturated heterocycles. The number of rotatable bonds is 2. The predicted molar refractivity (Wildman–Crippen MR) is 132 cm³/mol. The molecule has 150 valence electrons. The van der Waals surface area contributed by atoms with Crippen LogP contribution in [-0.2, 0) is 24.7 Å². The molecule has 0 heterocycles. The first-order chi connectivity index (χ1) is 14.5. The first-order valence-electron chi connectivity index (χ1n) is 11.2. The molecular weight excluding hydrogens is 360 g/mol. The van der Waals surface area contributed by atoms with E-state index in [0.29, 0.717) is 0 Å². The number of benzene rings is 4. The molecule has 5 rings (SSSR count). The van der Waals surface area contributed by atoms with Crippen molar-refractivity contribution in [3.8, 4) is 0 Å². The lowest BCUT2D eigenvalue weighted by Gasteiger charge is -2.31. The van der Waals surface area contributed by atoms with Gasteiger partial charge in [-0.2, -0.15) is 0 Å². The third-order valence-corrected chi connectivity index (χ3v) is 7.22. The zero-order chi connectivity index (χ0) is 21.0. The van der Waals surface area contributed by atoms with E-state index in [1.165, 1.54) is 60.5 Å². The normalized spacial score (nSPS) is 15.1. The van der Waals surface area contributed by atoms with Crippen LogP contribution in [0.3, 0.4) is 0 Å². The largest absolute Gasteiger partial charge is 0.0949 e. The minimum Gasteiger partial charge on any atom is -0.0949 e. The summed E-state index contributed by atoms with van der Waals surface area (Å²) in [6, 6.07) is 22.8. The molecule has 4 aromatic carbocycles. The Bertz CT molecular complexity index is 1320. The molecule has 0 bridgehead atoms. The molecule has 4 aromatic rings. The van der Waals surface area contributed by atoms with E-state index in [1.807, 2.05) is 0 Å². The van der Waals surface area contributed by atoms with Crippen molar-refractivity contribution < 1.29 is 0 Å². The summed E-state index contributed by atoms with van der Waals surface area (Å²) in [4.78, 5) is 0. The van der Waals surface area contributed by atoms with Crippen molar-refractivity contribution in [2.75, 3.05) is 0 Å². The van der Waals surface area contributed by atoms with Crippen LogP contribution in [0.15, 0.2) is 67.2 Å². The minimum absolute atomic E-state index is 0.0774. The van der Waals surface area contributed by atoms with Crippen LogP contribution in [0.2, 0.25) is 0 Å². The fraction of sp³-hybridized carbons (Fsp3) is 0.267. The van der Waals surface area contributed by atoms with Gasteiger partial charge in [0.2, 0.25) is 0 Å². The van der Waals surface area contributed by atoms with Gasteiger partial charge in [0, 0.05) is 5.41 Å². The summed E-state index contributed by atoms with van der Waals surface area (Å²) in [7, 11) is 0. The number of hydrogen-bond acceptors (Lipinski definition) is 0. The molecule has 0 saturated carbocycles. The number of hydrogen-bond donors (Lipinski definition) is 0. The Hall–Kier alpha value is -2.86. The first-order valence-corrected chi connectivity index (χ1v) is 11.2. The molecule has 1 aliphatic rings. The monoisotopic (exact) mass is 390 g/mol. The standard InChI is InChI=1S/C30H30/c1-6-20-17-27-26(24-14-10-8-12-22(20)24)16-19(3)29-25-15-11-9-13-23(25)21(7-2)18-28(29)30(27,4)5/h8-15,17-18H,3,6-7,16H2,1-2,4-5H3. The number of allylic oxidation sites excluding steroid dienone is 1. The average molecular weight is 391 g/mol. The molecule has 1 aliphatic carbocycles. The molecule has 30 heavy (non-hydrogen) atoms. The van der Waals surface area contributed by atoms with Crippen LogP contribution >= 0.6 is 0 Å². The number of fused-ring (bicyclic) bond motifs is 6. The van der Waals surface area contributed by atoms with E-state index >= 15 is 0 Å². The van der Waals surface area contributed by atoms with Gasteiger partial charge >= 0.3 is 0 Å². The summed E-state index contributed by atoms with van der Waals surface area (Å²) in [6.07, 6.45) is 3.00. The third-order valence-electron chi connectivity index (χ3n) is 7.22. The van der Waals surface area contributed by atoms with Gasteiger partial charge in [-0.25, -0.2) is 0 Å². The fourth-order valence-electron chi connectivity index (χ4n) is 5.61. The van der Waals surface area contributed by atoms with E-state index in [2.05, 4.69) is 94.9 Å². The van der Waals surface area contributed by atoms with Crippen molar-refractivity contribution >= 4 is 27.1 Å². The summed E-state index contributed by atoms with van der Waals surface area (Å²) in [5, 5.41) is 5.53. The Morgan fingerprint density at radius 1 is 0.733 bits per heavy atom. The van der Waals surface area contributed by atoms with Crippen molar-refractivity contribution in [1.29, 1.82) is 0 Å². The van der Waals surface area contributed by atoms with E-state index in [9.17, 15) is 0 Å². The van der Waals surface area contributed by atoms with Crippen LogP contribution < -0.4 is 0 Å². The van der Waals surface area contributed by atoms with Crippen LogP contribution in [0, 0.1) is 0 Å². The lowest BCUT2D eigenvalue weighted by Crippen LogP contribution is -2.22. The molecule has 0 N–H and O–H groups in total. The lowest BCUT2D eigenvalue weighted by molar-refractivity contribution is 0.637. The summed E-state index contributed by atoms with van der Waals surface area (Å²) in [5.74, 6) is 0. The van der Waals surface area contributed by atoms with Crippen LogP contribution in [0.25, 0.3) is 27.1 Å². The van der Waals surface area contributed by atoms with E-state index in [-0.39, 0.29) is 5.41 Å². The highest BCUT2D eigenvalue weighted by molar-refractivity contribution is 6.00. The fourth-order valence-corrected chi connectivity index (χ4v) is 5.61. The van der Waals surface area contributed by atoms with Gasteiger partial charge in [-0.15, -0.1) is 0 Å². The SMILES string of the molecule is C=C1Cc2c(cc(CC)c3ccccc23)C(C)(C)c2cc(CC)c3ccccc3c21. The van der Waals surface area contributed by atoms with E-state index in [0.717, 1.165) is 19.3 Å². The summed E-state index contributed by atoms with van der Waals surface area (Å²) in [6.45, 7) is 14.0. The number of aryl methyl sites for hydroxylation is 2. The highest BCUT2D eigenvalue weighted by Gasteiger charge is 2.34. The van der Waals surface area contributed by atoms with Crippen molar-refractivity contribution in [3.63, 3.8) is 0 Å². The van der Waals surface area contributed by atoms with Gasteiger partial charge in [0.1, 0.15) is 0 Å². The van der Waals surface area contributed by atoms with E-state index < -0.39 is 0 Å². The van der Waals surface area contributed by atoms with Crippen molar-refractivity contribution in [1.82, 2.24) is 0 Å².